The number of alkyl halides is 3. The van der Waals surface area contributed by atoms with Gasteiger partial charge in [-0.1, -0.05) is 61.2 Å². The molecule has 1 saturated heterocycles. The summed E-state index contributed by atoms with van der Waals surface area (Å²) in [5.74, 6) is -2.11. The number of nitrogens with two attached hydrogens (primary N) is 1. The van der Waals surface area contributed by atoms with Crippen molar-refractivity contribution in [1.29, 1.82) is 0 Å². The van der Waals surface area contributed by atoms with Gasteiger partial charge in [-0.25, -0.2) is 13.2 Å². The molecule has 1 heterocycles. The Morgan fingerprint density at radius 1 is 1.13 bits per heavy atom. The SMILES string of the molecule is C[C@]12C=CC(=O)C=C1[C@@H](F)C[C@H]1[C@@H]3C[C@H]4O[C@@H](c5cccc(Cc6ccc(CO)c(N)c6)c5)O[C@@]4(C(=O)SCF)[C@@]3(C)C[C@H](O)[C@@]12F. The number of anilines is 1. The molecule has 250 valence electrons. The smallest absolute Gasteiger partial charge is 0.226 e. The third-order valence-electron chi connectivity index (χ3n) is 11.9. The topological polar surface area (TPSA) is 119 Å². The van der Waals surface area contributed by atoms with Crippen molar-refractivity contribution in [2.45, 2.75) is 82.1 Å². The van der Waals surface area contributed by atoms with Gasteiger partial charge >= 0.3 is 0 Å². The van der Waals surface area contributed by atoms with Crippen LogP contribution in [0.15, 0.2) is 66.3 Å². The van der Waals surface area contributed by atoms with E-state index in [-0.39, 0.29) is 31.4 Å². The summed E-state index contributed by atoms with van der Waals surface area (Å²) in [6, 6.07) is 11.9. The zero-order valence-corrected chi connectivity index (χ0v) is 26.9. The zero-order chi connectivity index (χ0) is 33.5. The van der Waals surface area contributed by atoms with E-state index in [1.54, 1.807) is 25.1 Å². The van der Waals surface area contributed by atoms with Crippen molar-refractivity contribution in [3.05, 3.63) is 88.5 Å². The van der Waals surface area contributed by atoms with Gasteiger partial charge in [0.25, 0.3) is 0 Å². The minimum absolute atomic E-state index is 0.0165. The maximum atomic E-state index is 17.7. The number of hydrogen-bond acceptors (Lipinski definition) is 8. The molecule has 4 N–H and O–H groups in total. The number of thioether (sulfide) groups is 1. The molecule has 7 nitrogen and oxygen atoms in total. The Balaban J connectivity index is 1.23. The molecule has 0 radical (unpaired) electrons. The van der Waals surface area contributed by atoms with Crippen LogP contribution >= 0.6 is 11.8 Å². The molecule has 7 rings (SSSR count). The van der Waals surface area contributed by atoms with Crippen molar-refractivity contribution in [3.8, 4) is 0 Å². The van der Waals surface area contributed by atoms with Crippen molar-refractivity contribution in [2.75, 3.05) is 11.7 Å². The van der Waals surface area contributed by atoms with Crippen molar-refractivity contribution in [1.82, 2.24) is 0 Å². The second-order valence-corrected chi connectivity index (χ2v) is 14.9. The van der Waals surface area contributed by atoms with Crippen molar-refractivity contribution in [2.24, 2.45) is 22.7 Å². The summed E-state index contributed by atoms with van der Waals surface area (Å²) in [7, 11) is 0. The predicted octanol–water partition coefficient (Wildman–Crippen LogP) is 5.62. The number of carbonyl (C=O) groups is 2. The van der Waals surface area contributed by atoms with Crippen LogP contribution < -0.4 is 5.73 Å². The number of hydrogen-bond donors (Lipinski definition) is 3. The number of aliphatic hydroxyl groups excluding tert-OH is 2. The number of carbonyl (C=O) groups excluding carboxylic acids is 2. The van der Waals surface area contributed by atoms with Gasteiger partial charge in [-0.3, -0.25) is 9.59 Å². The Morgan fingerprint density at radius 2 is 1.89 bits per heavy atom. The number of rotatable bonds is 6. The average Bonchev–Trinajstić information content (AvgIpc) is 3.53. The molecule has 2 aromatic carbocycles. The lowest BCUT2D eigenvalue weighted by Crippen LogP contribution is -2.70. The van der Waals surface area contributed by atoms with Gasteiger partial charge in [0, 0.05) is 33.6 Å². The Kier molecular flexibility index (Phi) is 7.83. The second kappa shape index (κ2) is 11.3. The first-order valence-electron chi connectivity index (χ1n) is 15.9. The number of ether oxygens (including phenoxy) is 2. The number of aliphatic hydroxyl groups is 2. The molecule has 11 heteroatoms. The van der Waals surface area contributed by atoms with E-state index >= 15 is 8.78 Å². The number of halogens is 3. The van der Waals surface area contributed by atoms with Crippen LogP contribution in [0.25, 0.3) is 0 Å². The van der Waals surface area contributed by atoms with E-state index in [4.69, 9.17) is 15.2 Å². The fraction of sp³-hybridized carbons (Fsp3) is 0.500. The molecular weight excluding hydrogens is 631 g/mol. The Hall–Kier alpha value is -2.96. The lowest BCUT2D eigenvalue weighted by Gasteiger charge is -2.63. The average molecular weight is 670 g/mol. The molecule has 0 amide bonds. The zero-order valence-electron chi connectivity index (χ0n) is 26.1. The number of nitrogen functional groups attached to an aromatic ring is 1. The Labute approximate surface area is 275 Å². The summed E-state index contributed by atoms with van der Waals surface area (Å²) in [4.78, 5) is 26.2. The van der Waals surface area contributed by atoms with Crippen LogP contribution in [0.3, 0.4) is 0 Å². The first-order valence-corrected chi connectivity index (χ1v) is 16.9. The Bertz CT molecular complexity index is 1700. The van der Waals surface area contributed by atoms with Crippen molar-refractivity contribution >= 4 is 28.3 Å². The van der Waals surface area contributed by atoms with E-state index < -0.39 is 75.5 Å². The van der Waals surface area contributed by atoms with Gasteiger partial charge in [-0.15, -0.1) is 0 Å². The normalized spacial score (nSPS) is 40.3. The van der Waals surface area contributed by atoms with Gasteiger partial charge in [0.1, 0.15) is 12.2 Å². The highest BCUT2D eigenvalue weighted by Crippen LogP contribution is 2.73. The molecule has 10 atom stereocenters. The predicted molar refractivity (Wildman–Crippen MR) is 170 cm³/mol. The molecule has 0 bridgehead atoms. The van der Waals surface area contributed by atoms with E-state index in [2.05, 4.69) is 0 Å². The van der Waals surface area contributed by atoms with Crippen LogP contribution in [-0.4, -0.2) is 56.8 Å². The Morgan fingerprint density at radius 3 is 2.62 bits per heavy atom. The van der Waals surface area contributed by atoms with E-state index in [1.165, 1.54) is 19.1 Å². The molecule has 2 aromatic rings. The third kappa shape index (κ3) is 4.49. The molecule has 5 aliphatic rings. The first kappa shape index (κ1) is 32.6. The largest absolute Gasteiger partial charge is 0.398 e. The number of fused-ring (bicyclic) bond motifs is 7. The van der Waals surface area contributed by atoms with Crippen LogP contribution in [0.5, 0.6) is 0 Å². The molecule has 0 spiro atoms. The van der Waals surface area contributed by atoms with E-state index in [0.717, 1.165) is 17.2 Å². The minimum atomic E-state index is -2.33. The van der Waals surface area contributed by atoms with Gasteiger partial charge in [-0.2, -0.15) is 0 Å². The van der Waals surface area contributed by atoms with Crippen LogP contribution in [0.4, 0.5) is 18.9 Å². The fourth-order valence-electron chi connectivity index (χ4n) is 9.59. The van der Waals surface area contributed by atoms with Gasteiger partial charge in [0.05, 0.1) is 18.8 Å². The quantitative estimate of drug-likeness (QED) is 0.340. The highest BCUT2D eigenvalue weighted by molar-refractivity contribution is 8.13. The van der Waals surface area contributed by atoms with Crippen molar-refractivity contribution < 1.29 is 42.4 Å². The molecule has 3 saturated carbocycles. The summed E-state index contributed by atoms with van der Waals surface area (Å²) in [5.41, 5.74) is 2.83. The molecular formula is C36H38F3NO6S. The minimum Gasteiger partial charge on any atom is -0.398 e. The van der Waals surface area contributed by atoms with Gasteiger partial charge in [-0.05, 0) is 73.4 Å². The van der Waals surface area contributed by atoms with Crippen LogP contribution in [-0.2, 0) is 32.1 Å². The van der Waals surface area contributed by atoms with Crippen LogP contribution in [0.2, 0.25) is 0 Å². The van der Waals surface area contributed by atoms with Gasteiger partial charge < -0.3 is 25.4 Å². The highest BCUT2D eigenvalue weighted by Gasteiger charge is 2.80. The van der Waals surface area contributed by atoms with E-state index in [1.807, 2.05) is 24.3 Å². The molecule has 4 aliphatic carbocycles. The monoisotopic (exact) mass is 669 g/mol. The molecule has 47 heavy (non-hydrogen) atoms. The summed E-state index contributed by atoms with van der Waals surface area (Å²) in [6.45, 7) is 3.11. The lowest BCUT2D eigenvalue weighted by atomic mass is 9.44. The van der Waals surface area contributed by atoms with E-state index in [0.29, 0.717) is 35.0 Å². The van der Waals surface area contributed by atoms with E-state index in [9.17, 15) is 24.2 Å². The lowest BCUT2D eigenvalue weighted by molar-refractivity contribution is -0.232. The van der Waals surface area contributed by atoms with Gasteiger partial charge in [0.2, 0.25) is 5.12 Å². The number of benzene rings is 2. The molecule has 1 aliphatic heterocycles. The standard InChI is InChI=1S/C36H38F3NO6S/c1-33-9-8-23(42)13-26(33)27(38)14-25-24-15-30-36(32(44)47-18-37,34(24,2)16-29(43)35(25,33)39)46-31(45-30)21-5-3-4-19(11-21)10-20-6-7-22(17-41)28(40)12-20/h3-9,11-13,24-25,27,29-31,41,43H,10,14-18,40H2,1-2H3/t24-,25-,27-,29-,30+,31+,33-,34-,35-,36-/m0/s1. The van der Waals surface area contributed by atoms with Gasteiger partial charge in [0.15, 0.2) is 23.3 Å². The number of ketones is 1. The van der Waals surface area contributed by atoms with Crippen LogP contribution in [0.1, 0.15) is 61.7 Å². The summed E-state index contributed by atoms with van der Waals surface area (Å²) in [6.07, 6.45) is -1.25. The fourth-order valence-corrected chi connectivity index (χ4v) is 10.3. The maximum absolute atomic E-state index is 17.7. The number of allylic oxidation sites excluding steroid dienone is 4. The molecule has 0 aromatic heterocycles. The summed E-state index contributed by atoms with van der Waals surface area (Å²) in [5, 5.41) is 20.6. The molecule has 0 unspecified atom stereocenters. The summed E-state index contributed by atoms with van der Waals surface area (Å²) >= 11 is 0.457. The first-order chi connectivity index (χ1) is 22.3. The van der Waals surface area contributed by atoms with Crippen molar-refractivity contribution in [3.63, 3.8) is 0 Å². The molecule has 4 fully saturated rings. The third-order valence-corrected chi connectivity index (χ3v) is 12.5. The maximum Gasteiger partial charge on any atom is 0.226 e. The second-order valence-electron chi connectivity index (χ2n) is 14.1. The summed E-state index contributed by atoms with van der Waals surface area (Å²) < 4.78 is 60.4. The van der Waals surface area contributed by atoms with Crippen LogP contribution in [0, 0.1) is 22.7 Å². The highest BCUT2D eigenvalue weighted by atomic mass is 32.2.